The quantitative estimate of drug-likeness (QED) is 0.574. The van der Waals surface area contributed by atoms with Gasteiger partial charge in [0.1, 0.15) is 5.75 Å². The summed E-state index contributed by atoms with van der Waals surface area (Å²) in [6.07, 6.45) is 0. The van der Waals surface area contributed by atoms with Crippen molar-refractivity contribution >= 4 is 11.8 Å². The van der Waals surface area contributed by atoms with E-state index in [1.54, 1.807) is 0 Å². The lowest BCUT2D eigenvalue weighted by molar-refractivity contribution is -0.131. The SMILES string of the molecule is COc1cc(O)c(C(=O)C(=O)O)cc1F. The number of phenolic OH excluding ortho intramolecular Hbond substituents is 1. The fraction of sp³-hybridized carbons (Fsp3) is 0.111. The molecule has 1 aromatic carbocycles. The number of phenols is 1. The van der Waals surface area contributed by atoms with E-state index < -0.39 is 28.9 Å². The summed E-state index contributed by atoms with van der Waals surface area (Å²) in [4.78, 5) is 21.3. The van der Waals surface area contributed by atoms with Crippen LogP contribution in [0.2, 0.25) is 0 Å². The summed E-state index contributed by atoms with van der Waals surface area (Å²) in [7, 11) is 1.18. The Morgan fingerprint density at radius 3 is 2.47 bits per heavy atom. The molecule has 6 heteroatoms. The second kappa shape index (κ2) is 3.95. The topological polar surface area (TPSA) is 83.8 Å². The molecule has 0 bridgehead atoms. The van der Waals surface area contributed by atoms with E-state index in [2.05, 4.69) is 4.74 Å². The fourth-order valence-corrected chi connectivity index (χ4v) is 0.996. The molecule has 2 N–H and O–H groups in total. The van der Waals surface area contributed by atoms with Crippen molar-refractivity contribution in [3.63, 3.8) is 0 Å². The normalized spacial score (nSPS) is 9.73. The number of Topliss-reactive ketones (excluding diaryl/α,β-unsaturated/α-hetero) is 1. The Morgan fingerprint density at radius 1 is 1.40 bits per heavy atom. The first-order valence-corrected chi connectivity index (χ1v) is 3.81. The molecule has 80 valence electrons. The Balaban J connectivity index is 3.28. The molecule has 0 aliphatic rings. The number of carboxylic acids is 1. The first-order chi connectivity index (χ1) is 6.97. The predicted molar refractivity (Wildman–Crippen MR) is 46.6 cm³/mol. The van der Waals surface area contributed by atoms with Crippen LogP contribution in [-0.4, -0.2) is 29.1 Å². The van der Waals surface area contributed by atoms with Crippen LogP contribution in [0.25, 0.3) is 0 Å². The molecule has 15 heavy (non-hydrogen) atoms. The van der Waals surface area contributed by atoms with Gasteiger partial charge in [-0.2, -0.15) is 0 Å². The summed E-state index contributed by atoms with van der Waals surface area (Å²) in [5.41, 5.74) is -0.610. The van der Waals surface area contributed by atoms with Crippen LogP contribution in [0.3, 0.4) is 0 Å². The van der Waals surface area contributed by atoms with Gasteiger partial charge in [-0.25, -0.2) is 9.18 Å². The number of carbonyl (C=O) groups excluding carboxylic acids is 1. The summed E-state index contributed by atoms with van der Waals surface area (Å²) in [5.74, 6) is -4.97. The Kier molecular flexibility index (Phi) is 2.89. The molecule has 0 heterocycles. The van der Waals surface area contributed by atoms with Crippen molar-refractivity contribution in [1.29, 1.82) is 0 Å². The maximum absolute atomic E-state index is 13.1. The first kappa shape index (κ1) is 11.0. The highest BCUT2D eigenvalue weighted by Gasteiger charge is 2.21. The first-order valence-electron chi connectivity index (χ1n) is 3.81. The van der Waals surface area contributed by atoms with Gasteiger partial charge in [0.05, 0.1) is 12.7 Å². The zero-order valence-corrected chi connectivity index (χ0v) is 7.65. The van der Waals surface area contributed by atoms with Crippen molar-refractivity contribution in [3.05, 3.63) is 23.5 Å². The molecule has 1 aromatic rings. The van der Waals surface area contributed by atoms with Gasteiger partial charge < -0.3 is 14.9 Å². The van der Waals surface area contributed by atoms with E-state index in [4.69, 9.17) is 5.11 Å². The summed E-state index contributed by atoms with van der Waals surface area (Å²) in [6.45, 7) is 0. The van der Waals surface area contributed by atoms with Crippen molar-refractivity contribution in [2.24, 2.45) is 0 Å². The summed E-state index contributed by atoms with van der Waals surface area (Å²) in [6, 6.07) is 1.45. The number of hydrogen-bond acceptors (Lipinski definition) is 4. The number of methoxy groups -OCH3 is 1. The average Bonchev–Trinajstić information content (AvgIpc) is 2.19. The molecule has 5 nitrogen and oxygen atoms in total. The molecule has 0 fully saturated rings. The third-order valence-corrected chi connectivity index (χ3v) is 1.71. The van der Waals surface area contributed by atoms with Crippen LogP contribution in [0.5, 0.6) is 11.5 Å². The van der Waals surface area contributed by atoms with E-state index in [-0.39, 0.29) is 5.75 Å². The average molecular weight is 214 g/mol. The highest BCUT2D eigenvalue weighted by molar-refractivity contribution is 6.40. The second-order valence-electron chi connectivity index (χ2n) is 2.64. The fourth-order valence-electron chi connectivity index (χ4n) is 0.996. The van der Waals surface area contributed by atoms with Crippen molar-refractivity contribution in [2.75, 3.05) is 7.11 Å². The van der Waals surface area contributed by atoms with Gasteiger partial charge in [0.25, 0.3) is 5.78 Å². The van der Waals surface area contributed by atoms with Crippen LogP contribution < -0.4 is 4.74 Å². The monoisotopic (exact) mass is 214 g/mol. The van der Waals surface area contributed by atoms with Crippen LogP contribution in [0.15, 0.2) is 12.1 Å². The lowest BCUT2D eigenvalue weighted by Crippen LogP contribution is -2.13. The molecule has 1 rings (SSSR count). The largest absolute Gasteiger partial charge is 0.507 e. The molecule has 0 radical (unpaired) electrons. The number of carboxylic acid groups (broad SMARTS) is 1. The van der Waals surface area contributed by atoms with Crippen LogP contribution >= 0.6 is 0 Å². The minimum absolute atomic E-state index is 0.269. The van der Waals surface area contributed by atoms with Crippen LogP contribution in [0.1, 0.15) is 10.4 Å². The number of hydrogen-bond donors (Lipinski definition) is 2. The molecule has 0 atom stereocenters. The molecule has 0 aromatic heterocycles. The van der Waals surface area contributed by atoms with Gasteiger partial charge in [-0.3, -0.25) is 4.79 Å². The molecule has 0 spiro atoms. The van der Waals surface area contributed by atoms with Crippen molar-refractivity contribution in [1.82, 2.24) is 0 Å². The standard InChI is InChI=1S/C9H7FO5/c1-15-7-3-6(11)4(2-5(7)10)8(12)9(13)14/h2-3,11H,1H3,(H,13,14). The van der Waals surface area contributed by atoms with Gasteiger partial charge in [-0.15, -0.1) is 0 Å². The Hall–Kier alpha value is -2.11. The van der Waals surface area contributed by atoms with Crippen molar-refractivity contribution < 1.29 is 28.9 Å². The number of aromatic hydroxyl groups is 1. The Labute approximate surface area is 83.7 Å². The second-order valence-corrected chi connectivity index (χ2v) is 2.64. The Morgan fingerprint density at radius 2 is 2.00 bits per heavy atom. The molecule has 0 amide bonds. The number of carbonyl (C=O) groups is 2. The van der Waals surface area contributed by atoms with Crippen molar-refractivity contribution in [3.8, 4) is 11.5 Å². The van der Waals surface area contributed by atoms with Gasteiger partial charge in [0, 0.05) is 6.07 Å². The summed E-state index contributed by atoms with van der Waals surface area (Å²) >= 11 is 0. The lowest BCUT2D eigenvalue weighted by Gasteiger charge is -2.05. The maximum atomic E-state index is 13.1. The van der Waals surface area contributed by atoms with E-state index in [0.717, 1.165) is 6.07 Å². The predicted octanol–water partition coefficient (Wildman–Crippen LogP) is 0.807. The number of benzene rings is 1. The van der Waals surface area contributed by atoms with E-state index in [0.29, 0.717) is 6.07 Å². The number of aliphatic carboxylic acids is 1. The summed E-state index contributed by atoms with van der Waals surface area (Å²) < 4.78 is 17.6. The number of ether oxygens (including phenoxy) is 1. The molecular formula is C9H7FO5. The van der Waals surface area contributed by atoms with E-state index >= 15 is 0 Å². The molecule has 0 saturated carbocycles. The summed E-state index contributed by atoms with van der Waals surface area (Å²) in [5, 5.41) is 17.6. The minimum atomic E-state index is -1.77. The van der Waals surface area contributed by atoms with Gasteiger partial charge >= 0.3 is 5.97 Å². The third-order valence-electron chi connectivity index (χ3n) is 1.71. The highest BCUT2D eigenvalue weighted by Crippen LogP contribution is 2.27. The van der Waals surface area contributed by atoms with Crippen LogP contribution in [0, 0.1) is 5.82 Å². The number of halogens is 1. The van der Waals surface area contributed by atoms with Gasteiger partial charge in [-0.05, 0) is 6.07 Å². The molecule has 0 saturated heterocycles. The zero-order valence-electron chi connectivity index (χ0n) is 7.65. The third kappa shape index (κ3) is 2.04. The van der Waals surface area contributed by atoms with Crippen LogP contribution in [-0.2, 0) is 4.79 Å². The van der Waals surface area contributed by atoms with Crippen molar-refractivity contribution in [2.45, 2.75) is 0 Å². The smallest absolute Gasteiger partial charge is 0.377 e. The highest BCUT2D eigenvalue weighted by atomic mass is 19.1. The molecule has 0 aliphatic carbocycles. The minimum Gasteiger partial charge on any atom is -0.507 e. The van der Waals surface area contributed by atoms with E-state index in [1.165, 1.54) is 7.11 Å². The molecule has 0 unspecified atom stereocenters. The van der Waals surface area contributed by atoms with Gasteiger partial charge in [0.15, 0.2) is 11.6 Å². The maximum Gasteiger partial charge on any atom is 0.377 e. The molecular weight excluding hydrogens is 207 g/mol. The zero-order chi connectivity index (χ0) is 11.6. The number of rotatable bonds is 3. The Bertz CT molecular complexity index is 427. The van der Waals surface area contributed by atoms with Gasteiger partial charge in [0.2, 0.25) is 0 Å². The van der Waals surface area contributed by atoms with E-state index in [1.807, 2.05) is 0 Å². The van der Waals surface area contributed by atoms with Gasteiger partial charge in [-0.1, -0.05) is 0 Å². The lowest BCUT2D eigenvalue weighted by atomic mass is 10.1. The molecule has 0 aliphatic heterocycles. The van der Waals surface area contributed by atoms with Crippen LogP contribution in [0.4, 0.5) is 4.39 Å². The van der Waals surface area contributed by atoms with E-state index in [9.17, 15) is 19.1 Å². The number of ketones is 1.